The molecule has 27 heavy (non-hydrogen) atoms. The molecule has 1 heterocycles. The Bertz CT molecular complexity index is 792. The van der Waals surface area contributed by atoms with Crippen LogP contribution in [0.2, 0.25) is 0 Å². The van der Waals surface area contributed by atoms with Gasteiger partial charge < -0.3 is 10.2 Å². The smallest absolute Gasteiger partial charge is 0.251 e. The average molecular weight is 362 g/mol. The largest absolute Gasteiger partial charge is 0.349 e. The summed E-state index contributed by atoms with van der Waals surface area (Å²) in [5, 5.41) is 3.12. The van der Waals surface area contributed by atoms with Gasteiger partial charge in [0, 0.05) is 24.7 Å². The Morgan fingerprint density at radius 3 is 2.04 bits per heavy atom. The lowest BCUT2D eigenvalue weighted by Gasteiger charge is -2.45. The Balaban J connectivity index is 1.36. The molecular formula is C23H26N2O2. The molecule has 0 aromatic heterocycles. The zero-order valence-corrected chi connectivity index (χ0v) is 15.6. The average Bonchev–Trinajstić information content (AvgIpc) is 2.69. The first-order chi connectivity index (χ1) is 13.2. The Hall–Kier alpha value is -2.62. The highest BCUT2D eigenvalue weighted by Gasteiger charge is 2.47. The maximum absolute atomic E-state index is 13.3. The molecule has 4 rings (SSSR count). The fraction of sp³-hybridized carbons (Fsp3) is 0.391. The van der Waals surface area contributed by atoms with Crippen LogP contribution in [0.1, 0.15) is 48.0 Å². The van der Waals surface area contributed by atoms with Crippen LogP contribution in [-0.2, 0) is 10.2 Å². The zero-order valence-electron chi connectivity index (χ0n) is 15.6. The second kappa shape index (κ2) is 7.55. The van der Waals surface area contributed by atoms with Gasteiger partial charge in [0.25, 0.3) is 5.91 Å². The van der Waals surface area contributed by atoms with Gasteiger partial charge in [0.15, 0.2) is 0 Å². The van der Waals surface area contributed by atoms with Gasteiger partial charge in [0.1, 0.15) is 0 Å². The summed E-state index contributed by atoms with van der Waals surface area (Å²) < 4.78 is 0. The van der Waals surface area contributed by atoms with E-state index in [1.165, 1.54) is 0 Å². The number of carbonyl (C=O) groups excluding carboxylic acids is 2. The van der Waals surface area contributed by atoms with Crippen molar-refractivity contribution in [1.29, 1.82) is 0 Å². The first-order valence-electron chi connectivity index (χ1n) is 9.90. The van der Waals surface area contributed by atoms with Crippen LogP contribution in [0, 0.1) is 0 Å². The summed E-state index contributed by atoms with van der Waals surface area (Å²) in [5.74, 6) is 0.243. The maximum Gasteiger partial charge on any atom is 0.251 e. The molecule has 4 heteroatoms. The molecule has 0 spiro atoms. The van der Waals surface area contributed by atoms with Gasteiger partial charge in [0.2, 0.25) is 5.91 Å². The number of nitrogens with zero attached hydrogens (tertiary/aromatic N) is 1. The topological polar surface area (TPSA) is 49.4 Å². The Labute approximate surface area is 160 Å². The molecular weight excluding hydrogens is 336 g/mol. The number of nitrogens with one attached hydrogen (secondary N) is 1. The molecule has 1 N–H and O–H groups in total. The number of carbonyl (C=O) groups is 2. The van der Waals surface area contributed by atoms with E-state index in [4.69, 9.17) is 0 Å². The molecule has 2 aromatic rings. The van der Waals surface area contributed by atoms with Crippen molar-refractivity contribution in [2.45, 2.75) is 43.6 Å². The number of benzene rings is 2. The van der Waals surface area contributed by atoms with E-state index in [-0.39, 0.29) is 23.3 Å². The molecule has 2 aromatic carbocycles. The Kier molecular flexibility index (Phi) is 4.97. The van der Waals surface area contributed by atoms with Crippen LogP contribution in [0.15, 0.2) is 60.7 Å². The number of piperidine rings is 1. The van der Waals surface area contributed by atoms with Crippen molar-refractivity contribution in [3.8, 4) is 0 Å². The minimum Gasteiger partial charge on any atom is -0.349 e. The third kappa shape index (κ3) is 3.48. The van der Waals surface area contributed by atoms with E-state index in [0.29, 0.717) is 18.7 Å². The fourth-order valence-corrected chi connectivity index (χ4v) is 4.30. The minimum absolute atomic E-state index is 0.0277. The SMILES string of the molecule is O=C(NC1CCN(C(=O)C2(c3ccccc3)CCC2)CC1)c1ccccc1. The second-order valence-electron chi connectivity index (χ2n) is 7.71. The van der Waals surface area contributed by atoms with E-state index in [1.54, 1.807) is 0 Å². The summed E-state index contributed by atoms with van der Waals surface area (Å²) in [6, 6.07) is 19.7. The second-order valence-corrected chi connectivity index (χ2v) is 7.71. The molecule has 0 bridgehead atoms. The predicted molar refractivity (Wildman–Crippen MR) is 105 cm³/mol. The van der Waals surface area contributed by atoms with E-state index in [0.717, 1.165) is 37.7 Å². The van der Waals surface area contributed by atoms with Crippen molar-refractivity contribution >= 4 is 11.8 Å². The summed E-state index contributed by atoms with van der Waals surface area (Å²) in [6.45, 7) is 1.43. The summed E-state index contributed by atoms with van der Waals surface area (Å²) in [4.78, 5) is 27.6. The minimum atomic E-state index is -0.318. The molecule has 2 fully saturated rings. The van der Waals surface area contributed by atoms with Gasteiger partial charge in [0.05, 0.1) is 5.41 Å². The maximum atomic E-state index is 13.3. The van der Waals surface area contributed by atoms with Crippen molar-refractivity contribution in [3.05, 3.63) is 71.8 Å². The summed E-state index contributed by atoms with van der Waals surface area (Å²) in [5.41, 5.74) is 1.52. The number of likely N-dealkylation sites (tertiary alicyclic amines) is 1. The van der Waals surface area contributed by atoms with Crippen LogP contribution in [0.25, 0.3) is 0 Å². The highest BCUT2D eigenvalue weighted by Crippen LogP contribution is 2.45. The number of rotatable bonds is 4. The molecule has 1 saturated carbocycles. The third-order valence-electron chi connectivity index (χ3n) is 6.10. The lowest BCUT2D eigenvalue weighted by atomic mass is 9.63. The molecule has 4 nitrogen and oxygen atoms in total. The van der Waals surface area contributed by atoms with Crippen LogP contribution >= 0.6 is 0 Å². The number of hydrogen-bond acceptors (Lipinski definition) is 2. The van der Waals surface area contributed by atoms with E-state index in [1.807, 2.05) is 53.4 Å². The fourth-order valence-electron chi connectivity index (χ4n) is 4.30. The van der Waals surface area contributed by atoms with Gasteiger partial charge in [-0.05, 0) is 43.4 Å². The van der Waals surface area contributed by atoms with Crippen molar-refractivity contribution < 1.29 is 9.59 Å². The van der Waals surface area contributed by atoms with E-state index in [2.05, 4.69) is 17.4 Å². The molecule has 0 atom stereocenters. The van der Waals surface area contributed by atoms with E-state index < -0.39 is 0 Å². The van der Waals surface area contributed by atoms with Gasteiger partial charge in [-0.2, -0.15) is 0 Å². The van der Waals surface area contributed by atoms with Crippen LogP contribution in [0.4, 0.5) is 0 Å². The first kappa shape index (κ1) is 17.8. The summed E-state index contributed by atoms with van der Waals surface area (Å²) >= 11 is 0. The van der Waals surface area contributed by atoms with Crippen LogP contribution < -0.4 is 5.32 Å². The highest BCUT2D eigenvalue weighted by molar-refractivity contribution is 5.94. The lowest BCUT2D eigenvalue weighted by molar-refractivity contribution is -0.142. The molecule has 1 aliphatic heterocycles. The quantitative estimate of drug-likeness (QED) is 0.905. The number of hydrogen-bond donors (Lipinski definition) is 1. The summed E-state index contributed by atoms with van der Waals surface area (Å²) in [7, 11) is 0. The monoisotopic (exact) mass is 362 g/mol. The van der Waals surface area contributed by atoms with Crippen LogP contribution in [0.5, 0.6) is 0 Å². The predicted octanol–water partition coefficient (Wildman–Crippen LogP) is 3.53. The van der Waals surface area contributed by atoms with E-state index >= 15 is 0 Å². The molecule has 2 aliphatic rings. The normalized spacial score (nSPS) is 19.2. The summed E-state index contributed by atoms with van der Waals surface area (Å²) in [6.07, 6.45) is 4.63. The van der Waals surface area contributed by atoms with Gasteiger partial charge in [-0.1, -0.05) is 55.0 Å². The third-order valence-corrected chi connectivity index (χ3v) is 6.10. The molecule has 1 saturated heterocycles. The van der Waals surface area contributed by atoms with Gasteiger partial charge >= 0.3 is 0 Å². The molecule has 2 amide bonds. The van der Waals surface area contributed by atoms with Crippen molar-refractivity contribution in [1.82, 2.24) is 10.2 Å². The standard InChI is InChI=1S/C23H26N2O2/c26-21(18-8-3-1-4-9-18)24-20-12-16-25(17-13-20)22(27)23(14-7-15-23)19-10-5-2-6-11-19/h1-6,8-11,20H,7,12-17H2,(H,24,26). The van der Waals surface area contributed by atoms with Crippen LogP contribution in [-0.4, -0.2) is 35.8 Å². The highest BCUT2D eigenvalue weighted by atomic mass is 16.2. The number of amides is 2. The first-order valence-corrected chi connectivity index (χ1v) is 9.90. The molecule has 140 valence electrons. The molecule has 1 aliphatic carbocycles. The van der Waals surface area contributed by atoms with Gasteiger partial charge in [-0.3, -0.25) is 9.59 Å². The van der Waals surface area contributed by atoms with E-state index in [9.17, 15) is 9.59 Å². The Morgan fingerprint density at radius 2 is 1.48 bits per heavy atom. The zero-order chi connectivity index (χ0) is 18.7. The Morgan fingerprint density at radius 1 is 0.889 bits per heavy atom. The van der Waals surface area contributed by atoms with Crippen molar-refractivity contribution in [3.63, 3.8) is 0 Å². The van der Waals surface area contributed by atoms with Crippen LogP contribution in [0.3, 0.4) is 0 Å². The lowest BCUT2D eigenvalue weighted by Crippen LogP contribution is -2.55. The van der Waals surface area contributed by atoms with Gasteiger partial charge in [-0.25, -0.2) is 0 Å². The van der Waals surface area contributed by atoms with Crippen molar-refractivity contribution in [2.75, 3.05) is 13.1 Å². The molecule has 0 unspecified atom stereocenters. The van der Waals surface area contributed by atoms with Gasteiger partial charge in [-0.15, -0.1) is 0 Å². The van der Waals surface area contributed by atoms with Crippen molar-refractivity contribution in [2.24, 2.45) is 0 Å². The molecule has 0 radical (unpaired) electrons.